The third-order valence-corrected chi connectivity index (χ3v) is 3.16. The molecule has 1 aromatic heterocycles. The van der Waals surface area contributed by atoms with Crippen LogP contribution in [0.3, 0.4) is 0 Å². The number of rotatable bonds is 2. The summed E-state index contributed by atoms with van der Waals surface area (Å²) in [6.45, 7) is 5.34. The van der Waals surface area contributed by atoms with Crippen molar-refractivity contribution in [1.82, 2.24) is 4.57 Å². The molecule has 1 aromatic carbocycles. The van der Waals surface area contributed by atoms with E-state index >= 15 is 0 Å². The van der Waals surface area contributed by atoms with Gasteiger partial charge in [-0.1, -0.05) is 18.2 Å². The maximum Gasteiger partial charge on any atom is 0.419 e. The molecule has 0 fully saturated rings. The molecule has 6 nitrogen and oxygen atoms in total. The summed E-state index contributed by atoms with van der Waals surface area (Å²) in [6.07, 6.45) is 2.46. The Labute approximate surface area is 139 Å². The van der Waals surface area contributed by atoms with E-state index < -0.39 is 17.7 Å². The number of esters is 1. The van der Waals surface area contributed by atoms with Gasteiger partial charge in [-0.05, 0) is 32.9 Å². The lowest BCUT2D eigenvalue weighted by Crippen LogP contribution is -2.26. The molecule has 0 atom stereocenters. The number of carbonyl (C=O) groups excluding carboxylic acids is 2. The van der Waals surface area contributed by atoms with Crippen molar-refractivity contribution in [3.05, 3.63) is 41.6 Å². The van der Waals surface area contributed by atoms with Gasteiger partial charge in [-0.15, -0.1) is 0 Å². The minimum absolute atomic E-state index is 0.151. The highest BCUT2D eigenvalue weighted by Crippen LogP contribution is 2.24. The highest BCUT2D eigenvalue weighted by Gasteiger charge is 2.20. The summed E-state index contributed by atoms with van der Waals surface area (Å²) in [6, 6.07) is 8.89. The molecule has 0 saturated carbocycles. The quantitative estimate of drug-likeness (QED) is 0.479. The molecular weight excluding hydrogens is 308 g/mol. The fourth-order valence-corrected chi connectivity index (χ4v) is 2.20. The van der Waals surface area contributed by atoms with Gasteiger partial charge in [0.15, 0.2) is 0 Å². The first kappa shape index (κ1) is 17.3. The second-order valence-electron chi connectivity index (χ2n) is 6.11. The van der Waals surface area contributed by atoms with Gasteiger partial charge in [-0.2, -0.15) is 5.26 Å². The molecule has 0 aliphatic heterocycles. The standard InChI is InChI=1S/C18H18N2O4/c1-18(2,3)24-17(22)20-9-8-12-6-5-7-13(15(12)20)10-14(11-19)16(21)23-4/h5-10H,1-4H3/b14-10+. The van der Waals surface area contributed by atoms with Gasteiger partial charge in [0.1, 0.15) is 17.2 Å². The fraction of sp³-hybridized carbons (Fsp3) is 0.278. The van der Waals surface area contributed by atoms with Gasteiger partial charge in [0.05, 0.1) is 12.6 Å². The van der Waals surface area contributed by atoms with Gasteiger partial charge in [0.25, 0.3) is 0 Å². The molecular formula is C18H18N2O4. The number of aromatic nitrogens is 1. The SMILES string of the molecule is COC(=O)/C(C#N)=C/c1cccc2ccn(C(=O)OC(C)(C)C)c12. The van der Waals surface area contributed by atoms with Crippen LogP contribution in [0.25, 0.3) is 17.0 Å². The molecule has 0 aliphatic carbocycles. The highest BCUT2D eigenvalue weighted by atomic mass is 16.6. The summed E-state index contributed by atoms with van der Waals surface area (Å²) in [7, 11) is 1.21. The van der Waals surface area contributed by atoms with E-state index in [0.29, 0.717) is 11.1 Å². The molecule has 2 rings (SSSR count). The molecule has 0 aliphatic rings. The van der Waals surface area contributed by atoms with Crippen molar-refractivity contribution >= 4 is 29.0 Å². The minimum Gasteiger partial charge on any atom is -0.465 e. The summed E-state index contributed by atoms with van der Waals surface area (Å²) in [5, 5.41) is 9.91. The van der Waals surface area contributed by atoms with E-state index in [1.54, 1.807) is 51.2 Å². The molecule has 0 bridgehead atoms. The number of fused-ring (bicyclic) bond motifs is 1. The van der Waals surface area contributed by atoms with E-state index in [2.05, 4.69) is 4.74 Å². The van der Waals surface area contributed by atoms with E-state index in [1.807, 2.05) is 6.07 Å². The molecule has 0 spiro atoms. The number of para-hydroxylation sites is 1. The molecule has 2 aromatic rings. The van der Waals surface area contributed by atoms with Crippen LogP contribution in [0.5, 0.6) is 0 Å². The predicted octanol–water partition coefficient (Wildman–Crippen LogP) is 3.50. The molecule has 124 valence electrons. The van der Waals surface area contributed by atoms with Crippen molar-refractivity contribution < 1.29 is 19.1 Å². The fourth-order valence-electron chi connectivity index (χ4n) is 2.20. The van der Waals surface area contributed by atoms with Crippen molar-refractivity contribution in [3.63, 3.8) is 0 Å². The number of hydrogen-bond donors (Lipinski definition) is 0. The Morgan fingerprint density at radius 3 is 2.54 bits per heavy atom. The van der Waals surface area contributed by atoms with E-state index in [4.69, 9.17) is 10.00 Å². The van der Waals surface area contributed by atoms with Crippen molar-refractivity contribution in [1.29, 1.82) is 5.26 Å². The number of hydrogen-bond acceptors (Lipinski definition) is 5. The number of nitriles is 1. The first-order valence-electron chi connectivity index (χ1n) is 7.30. The Kier molecular flexibility index (Phi) is 4.74. The van der Waals surface area contributed by atoms with Crippen molar-refractivity contribution in [2.75, 3.05) is 7.11 Å². The molecule has 0 radical (unpaired) electrons. The first-order valence-corrected chi connectivity index (χ1v) is 7.30. The lowest BCUT2D eigenvalue weighted by Gasteiger charge is -2.20. The smallest absolute Gasteiger partial charge is 0.419 e. The average Bonchev–Trinajstić information content (AvgIpc) is 2.95. The van der Waals surface area contributed by atoms with Crippen LogP contribution in [0.1, 0.15) is 26.3 Å². The number of methoxy groups -OCH3 is 1. The number of ether oxygens (including phenoxy) is 2. The predicted molar refractivity (Wildman–Crippen MR) is 89.2 cm³/mol. The maximum atomic E-state index is 12.4. The number of benzene rings is 1. The summed E-state index contributed by atoms with van der Waals surface area (Å²) in [5.74, 6) is -0.732. The normalized spacial score (nSPS) is 11.9. The monoisotopic (exact) mass is 326 g/mol. The topological polar surface area (TPSA) is 81.3 Å². The van der Waals surface area contributed by atoms with Crippen LogP contribution in [-0.4, -0.2) is 29.3 Å². The van der Waals surface area contributed by atoms with Crippen molar-refractivity contribution in [3.8, 4) is 6.07 Å². The van der Waals surface area contributed by atoms with Crippen LogP contribution in [0.4, 0.5) is 4.79 Å². The molecule has 0 saturated heterocycles. The van der Waals surface area contributed by atoms with Gasteiger partial charge in [-0.3, -0.25) is 4.57 Å². The third-order valence-electron chi connectivity index (χ3n) is 3.16. The first-order chi connectivity index (χ1) is 11.3. The highest BCUT2D eigenvalue weighted by molar-refractivity contribution is 6.02. The largest absolute Gasteiger partial charge is 0.465 e. The van der Waals surface area contributed by atoms with Crippen LogP contribution in [0.2, 0.25) is 0 Å². The Hall–Kier alpha value is -3.07. The van der Waals surface area contributed by atoms with Gasteiger partial charge in [0, 0.05) is 17.1 Å². The minimum atomic E-state index is -0.732. The maximum absolute atomic E-state index is 12.4. The molecule has 0 N–H and O–H groups in total. The van der Waals surface area contributed by atoms with Gasteiger partial charge < -0.3 is 9.47 Å². The second kappa shape index (κ2) is 6.59. The zero-order chi connectivity index (χ0) is 17.9. The van der Waals surface area contributed by atoms with Gasteiger partial charge in [0.2, 0.25) is 0 Å². The molecule has 1 heterocycles. The van der Waals surface area contributed by atoms with E-state index in [1.165, 1.54) is 17.8 Å². The van der Waals surface area contributed by atoms with Crippen LogP contribution >= 0.6 is 0 Å². The summed E-state index contributed by atoms with van der Waals surface area (Å²) < 4.78 is 11.3. The summed E-state index contributed by atoms with van der Waals surface area (Å²) in [5.41, 5.74) is 0.318. The summed E-state index contributed by atoms with van der Waals surface area (Å²) >= 11 is 0. The van der Waals surface area contributed by atoms with Gasteiger partial charge >= 0.3 is 12.1 Å². The van der Waals surface area contributed by atoms with Crippen LogP contribution in [-0.2, 0) is 14.3 Å². The summed E-state index contributed by atoms with van der Waals surface area (Å²) in [4.78, 5) is 24.0. The van der Waals surface area contributed by atoms with Gasteiger partial charge in [-0.25, -0.2) is 9.59 Å². The van der Waals surface area contributed by atoms with Crippen LogP contribution in [0, 0.1) is 11.3 Å². The zero-order valence-corrected chi connectivity index (χ0v) is 14.0. The lowest BCUT2D eigenvalue weighted by atomic mass is 10.1. The second-order valence-corrected chi connectivity index (χ2v) is 6.11. The van der Waals surface area contributed by atoms with Crippen LogP contribution < -0.4 is 0 Å². The Balaban J connectivity index is 2.59. The molecule has 6 heteroatoms. The van der Waals surface area contributed by atoms with Crippen molar-refractivity contribution in [2.24, 2.45) is 0 Å². The van der Waals surface area contributed by atoms with Crippen LogP contribution in [0.15, 0.2) is 36.0 Å². The molecule has 0 unspecified atom stereocenters. The van der Waals surface area contributed by atoms with E-state index in [-0.39, 0.29) is 5.57 Å². The number of carbonyl (C=O) groups is 2. The van der Waals surface area contributed by atoms with E-state index in [0.717, 1.165) is 5.39 Å². The Bertz CT molecular complexity index is 863. The average molecular weight is 326 g/mol. The lowest BCUT2D eigenvalue weighted by molar-refractivity contribution is -0.135. The van der Waals surface area contributed by atoms with Crippen molar-refractivity contribution in [2.45, 2.75) is 26.4 Å². The third kappa shape index (κ3) is 3.63. The molecule has 24 heavy (non-hydrogen) atoms. The Morgan fingerprint density at radius 1 is 1.25 bits per heavy atom. The molecule has 0 amide bonds. The van der Waals surface area contributed by atoms with E-state index in [9.17, 15) is 9.59 Å². The number of nitrogens with zero attached hydrogens (tertiary/aromatic N) is 2. The zero-order valence-electron chi connectivity index (χ0n) is 14.0. The Morgan fingerprint density at radius 2 is 1.96 bits per heavy atom.